The molecule has 0 aliphatic carbocycles. The van der Waals surface area contributed by atoms with Crippen molar-refractivity contribution in [3.05, 3.63) is 35.9 Å². The summed E-state index contributed by atoms with van der Waals surface area (Å²) in [6.45, 7) is 0.458. The smallest absolute Gasteiger partial charge is 0.410 e. The number of ether oxygens (including phenoxy) is 1. The SMILES string of the molecule is CN1C(=O)OC[C@@H]1c1ccccc1. The predicted molar refractivity (Wildman–Crippen MR) is 48.3 cm³/mol. The number of hydrogen-bond acceptors (Lipinski definition) is 2. The fourth-order valence-electron chi connectivity index (χ4n) is 1.49. The Morgan fingerprint density at radius 1 is 1.38 bits per heavy atom. The number of carbonyl (C=O) groups is 1. The molecule has 1 aromatic carbocycles. The van der Waals surface area contributed by atoms with Gasteiger partial charge >= 0.3 is 6.09 Å². The van der Waals surface area contributed by atoms with E-state index in [4.69, 9.17) is 4.74 Å². The van der Waals surface area contributed by atoms with E-state index in [1.807, 2.05) is 30.3 Å². The molecule has 1 atom stereocenters. The molecule has 3 heteroatoms. The maximum Gasteiger partial charge on any atom is 0.410 e. The number of carbonyl (C=O) groups excluding carboxylic acids is 1. The standard InChI is InChI=1S/C10H11NO2/c1-11-9(7-13-10(11)12)8-5-3-2-4-6-8/h2-6,9H,7H2,1H3/t9-/m1/s1. The van der Waals surface area contributed by atoms with Gasteiger partial charge < -0.3 is 9.64 Å². The Hall–Kier alpha value is -1.51. The fraction of sp³-hybridized carbons (Fsp3) is 0.300. The van der Waals surface area contributed by atoms with Crippen LogP contribution in [0.25, 0.3) is 0 Å². The largest absolute Gasteiger partial charge is 0.447 e. The van der Waals surface area contributed by atoms with E-state index in [1.165, 1.54) is 0 Å². The van der Waals surface area contributed by atoms with Crippen molar-refractivity contribution in [3.8, 4) is 0 Å². The van der Waals surface area contributed by atoms with E-state index in [1.54, 1.807) is 11.9 Å². The van der Waals surface area contributed by atoms with Gasteiger partial charge in [0.05, 0.1) is 6.04 Å². The summed E-state index contributed by atoms with van der Waals surface area (Å²) in [5, 5.41) is 0. The summed E-state index contributed by atoms with van der Waals surface area (Å²) >= 11 is 0. The monoisotopic (exact) mass is 177 g/mol. The molecule has 0 radical (unpaired) electrons. The average Bonchev–Trinajstić information content (AvgIpc) is 2.49. The highest BCUT2D eigenvalue weighted by Crippen LogP contribution is 2.25. The van der Waals surface area contributed by atoms with Gasteiger partial charge in [-0.25, -0.2) is 4.79 Å². The zero-order chi connectivity index (χ0) is 9.26. The Bertz CT molecular complexity index is 310. The zero-order valence-electron chi connectivity index (χ0n) is 7.43. The minimum absolute atomic E-state index is 0.0775. The number of nitrogens with zero attached hydrogens (tertiary/aromatic N) is 1. The number of cyclic esters (lactones) is 1. The lowest BCUT2D eigenvalue weighted by atomic mass is 10.1. The maximum absolute atomic E-state index is 11.1. The summed E-state index contributed by atoms with van der Waals surface area (Å²) in [5.41, 5.74) is 1.12. The maximum atomic E-state index is 11.1. The Morgan fingerprint density at radius 3 is 2.62 bits per heavy atom. The van der Waals surface area contributed by atoms with Crippen LogP contribution >= 0.6 is 0 Å². The van der Waals surface area contributed by atoms with Crippen LogP contribution in [0.4, 0.5) is 4.79 Å². The van der Waals surface area contributed by atoms with E-state index >= 15 is 0 Å². The second-order valence-electron chi connectivity index (χ2n) is 3.11. The van der Waals surface area contributed by atoms with Gasteiger partial charge in [-0.15, -0.1) is 0 Å². The first-order valence-electron chi connectivity index (χ1n) is 4.23. The van der Waals surface area contributed by atoms with Crippen LogP contribution < -0.4 is 0 Å². The molecule has 2 rings (SSSR count). The molecule has 13 heavy (non-hydrogen) atoms. The Kier molecular flexibility index (Phi) is 1.93. The van der Waals surface area contributed by atoms with Crippen molar-refractivity contribution in [1.29, 1.82) is 0 Å². The van der Waals surface area contributed by atoms with Crippen LogP contribution in [-0.2, 0) is 4.74 Å². The predicted octanol–water partition coefficient (Wildman–Crippen LogP) is 1.81. The number of rotatable bonds is 1. The first kappa shape index (κ1) is 8.10. The molecule has 0 aromatic heterocycles. The van der Waals surface area contributed by atoms with Gasteiger partial charge in [-0.2, -0.15) is 0 Å². The highest BCUT2D eigenvalue weighted by Gasteiger charge is 2.30. The molecule has 0 spiro atoms. The highest BCUT2D eigenvalue weighted by atomic mass is 16.6. The molecule has 0 N–H and O–H groups in total. The second kappa shape index (κ2) is 3.09. The normalized spacial score (nSPS) is 21.8. The van der Waals surface area contributed by atoms with Gasteiger partial charge in [0.15, 0.2) is 0 Å². The summed E-state index contributed by atoms with van der Waals surface area (Å²) < 4.78 is 4.92. The minimum Gasteiger partial charge on any atom is -0.447 e. The molecule has 68 valence electrons. The fourth-order valence-corrected chi connectivity index (χ4v) is 1.49. The molecule has 1 saturated heterocycles. The Morgan fingerprint density at radius 2 is 2.08 bits per heavy atom. The third-order valence-corrected chi connectivity index (χ3v) is 2.30. The average molecular weight is 177 g/mol. The summed E-state index contributed by atoms with van der Waals surface area (Å²) in [7, 11) is 1.76. The van der Waals surface area contributed by atoms with Crippen LogP contribution in [0.15, 0.2) is 30.3 Å². The van der Waals surface area contributed by atoms with Gasteiger partial charge in [-0.05, 0) is 5.56 Å². The first-order chi connectivity index (χ1) is 6.29. The van der Waals surface area contributed by atoms with Crippen molar-refractivity contribution in [2.24, 2.45) is 0 Å². The molecule has 0 bridgehead atoms. The number of benzene rings is 1. The van der Waals surface area contributed by atoms with Crippen molar-refractivity contribution in [3.63, 3.8) is 0 Å². The van der Waals surface area contributed by atoms with Crippen molar-refractivity contribution >= 4 is 6.09 Å². The van der Waals surface area contributed by atoms with Gasteiger partial charge in [0.2, 0.25) is 0 Å². The third kappa shape index (κ3) is 1.37. The molecule has 1 aromatic rings. The van der Waals surface area contributed by atoms with Crippen molar-refractivity contribution in [1.82, 2.24) is 4.90 Å². The lowest BCUT2D eigenvalue weighted by Crippen LogP contribution is -2.22. The van der Waals surface area contributed by atoms with Gasteiger partial charge in [-0.1, -0.05) is 30.3 Å². The molecular formula is C10H11NO2. The van der Waals surface area contributed by atoms with Crippen molar-refractivity contribution in [2.75, 3.05) is 13.7 Å². The summed E-state index contributed by atoms with van der Waals surface area (Å²) in [6.07, 6.45) is -0.242. The van der Waals surface area contributed by atoms with Crippen LogP contribution in [0.1, 0.15) is 11.6 Å². The number of hydrogen-bond donors (Lipinski definition) is 0. The molecular weight excluding hydrogens is 166 g/mol. The van der Waals surface area contributed by atoms with Crippen LogP contribution in [-0.4, -0.2) is 24.6 Å². The molecule has 0 unspecified atom stereocenters. The van der Waals surface area contributed by atoms with Gasteiger partial charge in [0, 0.05) is 7.05 Å². The lowest BCUT2D eigenvalue weighted by Gasteiger charge is -2.15. The Balaban J connectivity index is 2.24. The topological polar surface area (TPSA) is 29.5 Å². The quantitative estimate of drug-likeness (QED) is 0.654. The zero-order valence-corrected chi connectivity index (χ0v) is 7.43. The highest BCUT2D eigenvalue weighted by molar-refractivity contribution is 5.70. The van der Waals surface area contributed by atoms with Gasteiger partial charge in [0.25, 0.3) is 0 Å². The third-order valence-electron chi connectivity index (χ3n) is 2.30. The van der Waals surface area contributed by atoms with E-state index in [-0.39, 0.29) is 12.1 Å². The van der Waals surface area contributed by atoms with E-state index < -0.39 is 0 Å². The minimum atomic E-state index is -0.242. The molecule has 1 amide bonds. The number of likely N-dealkylation sites (N-methyl/N-ethyl adjacent to an activating group) is 1. The number of amides is 1. The van der Waals surface area contributed by atoms with Gasteiger partial charge in [0.1, 0.15) is 6.61 Å². The second-order valence-corrected chi connectivity index (χ2v) is 3.11. The van der Waals surface area contributed by atoms with Crippen LogP contribution in [0, 0.1) is 0 Å². The van der Waals surface area contributed by atoms with Crippen LogP contribution in [0.2, 0.25) is 0 Å². The lowest BCUT2D eigenvalue weighted by molar-refractivity contribution is 0.163. The van der Waals surface area contributed by atoms with Gasteiger partial charge in [-0.3, -0.25) is 0 Å². The van der Waals surface area contributed by atoms with Crippen LogP contribution in [0.5, 0.6) is 0 Å². The molecule has 1 aliphatic rings. The Labute approximate surface area is 76.9 Å². The molecule has 1 aliphatic heterocycles. The molecule has 0 saturated carbocycles. The van der Waals surface area contributed by atoms with Crippen LogP contribution in [0.3, 0.4) is 0 Å². The summed E-state index contributed by atoms with van der Waals surface area (Å²) in [5.74, 6) is 0. The molecule has 3 nitrogen and oxygen atoms in total. The van der Waals surface area contributed by atoms with Crippen molar-refractivity contribution in [2.45, 2.75) is 6.04 Å². The summed E-state index contributed by atoms with van der Waals surface area (Å²) in [4.78, 5) is 12.7. The van der Waals surface area contributed by atoms with E-state index in [0.29, 0.717) is 6.61 Å². The first-order valence-corrected chi connectivity index (χ1v) is 4.23. The van der Waals surface area contributed by atoms with E-state index in [0.717, 1.165) is 5.56 Å². The molecule has 1 fully saturated rings. The molecule has 1 heterocycles. The van der Waals surface area contributed by atoms with Crippen molar-refractivity contribution < 1.29 is 9.53 Å². The van der Waals surface area contributed by atoms with E-state index in [2.05, 4.69) is 0 Å². The summed E-state index contributed by atoms with van der Waals surface area (Å²) in [6, 6.07) is 9.97. The van der Waals surface area contributed by atoms with E-state index in [9.17, 15) is 4.79 Å².